The third-order valence-corrected chi connectivity index (χ3v) is 5.06. The number of benzene rings is 1. The maximum absolute atomic E-state index is 12.9. The number of piperidine rings is 1. The fraction of sp³-hybridized carbons (Fsp3) is 0.529. The van der Waals surface area contributed by atoms with Gasteiger partial charge in [-0.3, -0.25) is 0 Å². The second-order valence-electron chi connectivity index (χ2n) is 6.28. The van der Waals surface area contributed by atoms with Crippen molar-refractivity contribution in [2.45, 2.75) is 26.2 Å². The van der Waals surface area contributed by atoms with Crippen LogP contribution in [0.2, 0.25) is 0 Å². The number of aromatic nitrogens is 2. The monoisotopic (exact) mass is 334 g/mol. The zero-order valence-corrected chi connectivity index (χ0v) is 14.3. The molecule has 0 spiro atoms. The van der Waals surface area contributed by atoms with Crippen LogP contribution in [0.1, 0.15) is 30.3 Å². The summed E-state index contributed by atoms with van der Waals surface area (Å²) in [4.78, 5) is 2.52. The van der Waals surface area contributed by atoms with Crippen LogP contribution in [0.15, 0.2) is 24.3 Å². The molecule has 3 rings (SSSR count). The lowest BCUT2D eigenvalue weighted by Gasteiger charge is -2.30. The molecule has 23 heavy (non-hydrogen) atoms. The van der Waals surface area contributed by atoms with Gasteiger partial charge in [0.1, 0.15) is 10.8 Å². The first-order valence-electron chi connectivity index (χ1n) is 8.22. The molecule has 0 amide bonds. The van der Waals surface area contributed by atoms with Gasteiger partial charge in [0.15, 0.2) is 0 Å². The van der Waals surface area contributed by atoms with Crippen molar-refractivity contribution in [3.05, 3.63) is 40.7 Å². The van der Waals surface area contributed by atoms with Crippen LogP contribution < -0.4 is 5.32 Å². The van der Waals surface area contributed by atoms with Crippen LogP contribution in [0.5, 0.6) is 0 Å². The van der Waals surface area contributed by atoms with E-state index in [9.17, 15) is 4.39 Å². The molecule has 1 atom stereocenters. The van der Waals surface area contributed by atoms with E-state index in [1.165, 1.54) is 38.1 Å². The molecule has 0 radical (unpaired) electrons. The van der Waals surface area contributed by atoms with Crippen LogP contribution >= 0.6 is 11.3 Å². The lowest BCUT2D eigenvalue weighted by atomic mass is 10.0. The van der Waals surface area contributed by atoms with Crippen molar-refractivity contribution >= 4 is 16.5 Å². The van der Waals surface area contributed by atoms with Crippen LogP contribution in [0, 0.1) is 11.7 Å². The summed E-state index contributed by atoms with van der Waals surface area (Å²) >= 11 is 1.57. The highest BCUT2D eigenvalue weighted by Crippen LogP contribution is 2.19. The summed E-state index contributed by atoms with van der Waals surface area (Å²) in [5.74, 6) is 0.605. The summed E-state index contributed by atoms with van der Waals surface area (Å²) in [6.45, 7) is 6.69. The van der Waals surface area contributed by atoms with Gasteiger partial charge in [-0.05, 0) is 43.0 Å². The molecule has 1 aliphatic heterocycles. The highest BCUT2D eigenvalue weighted by molar-refractivity contribution is 7.15. The molecule has 2 aromatic rings. The molecule has 0 aliphatic carbocycles. The van der Waals surface area contributed by atoms with Gasteiger partial charge < -0.3 is 10.2 Å². The molecule has 1 N–H and O–H groups in total. The number of rotatable bonds is 6. The molecular weight excluding hydrogens is 311 g/mol. The van der Waals surface area contributed by atoms with Crippen LogP contribution in [-0.2, 0) is 6.42 Å². The Labute approximate surface area is 140 Å². The first kappa shape index (κ1) is 16.3. The Kier molecular flexibility index (Phi) is 5.56. The van der Waals surface area contributed by atoms with Gasteiger partial charge in [-0.1, -0.05) is 30.4 Å². The van der Waals surface area contributed by atoms with E-state index in [2.05, 4.69) is 27.3 Å². The molecule has 1 aliphatic rings. The average Bonchev–Trinajstić information content (AvgIpc) is 2.97. The number of nitrogens with one attached hydrogen (secondary N) is 1. The Morgan fingerprint density at radius 3 is 2.91 bits per heavy atom. The van der Waals surface area contributed by atoms with E-state index < -0.39 is 0 Å². The average molecular weight is 334 g/mol. The zero-order valence-electron chi connectivity index (χ0n) is 13.5. The summed E-state index contributed by atoms with van der Waals surface area (Å²) < 4.78 is 12.9. The summed E-state index contributed by atoms with van der Waals surface area (Å²) in [6, 6.07) is 6.55. The predicted molar refractivity (Wildman–Crippen MR) is 92.4 cm³/mol. The van der Waals surface area contributed by atoms with Gasteiger partial charge in [-0.2, -0.15) is 0 Å². The lowest BCUT2D eigenvalue weighted by Crippen LogP contribution is -2.37. The van der Waals surface area contributed by atoms with Gasteiger partial charge in [-0.25, -0.2) is 4.39 Å². The Hall–Kier alpha value is -1.53. The Morgan fingerprint density at radius 1 is 1.30 bits per heavy atom. The SMILES string of the molecule is CC1CCCN(CCNc2nnc(Cc3ccc(F)cc3)s2)C1. The molecule has 1 saturated heterocycles. The minimum absolute atomic E-state index is 0.208. The van der Waals surface area contributed by atoms with Crippen LogP contribution in [0.3, 0.4) is 0 Å². The second kappa shape index (κ2) is 7.84. The normalized spacial score (nSPS) is 19.0. The van der Waals surface area contributed by atoms with Crippen LogP contribution in [-0.4, -0.2) is 41.3 Å². The largest absolute Gasteiger partial charge is 0.359 e. The predicted octanol–water partition coefficient (Wildman–Crippen LogP) is 3.41. The molecule has 124 valence electrons. The van der Waals surface area contributed by atoms with E-state index in [0.717, 1.165) is 34.7 Å². The van der Waals surface area contributed by atoms with E-state index in [-0.39, 0.29) is 5.82 Å². The Morgan fingerprint density at radius 2 is 2.13 bits per heavy atom. The van der Waals surface area contributed by atoms with E-state index in [1.807, 2.05) is 0 Å². The van der Waals surface area contributed by atoms with E-state index in [4.69, 9.17) is 0 Å². The minimum Gasteiger partial charge on any atom is -0.359 e. The van der Waals surface area contributed by atoms with Gasteiger partial charge >= 0.3 is 0 Å². The fourth-order valence-electron chi connectivity index (χ4n) is 2.98. The zero-order chi connectivity index (χ0) is 16.1. The number of anilines is 1. The number of hydrogen-bond donors (Lipinski definition) is 1. The molecule has 4 nitrogen and oxygen atoms in total. The third-order valence-electron chi connectivity index (χ3n) is 4.18. The van der Waals surface area contributed by atoms with Gasteiger partial charge in [0.25, 0.3) is 0 Å². The maximum Gasteiger partial charge on any atom is 0.205 e. The first-order chi connectivity index (χ1) is 11.2. The summed E-state index contributed by atoms with van der Waals surface area (Å²) in [6.07, 6.45) is 3.36. The third kappa shape index (κ3) is 4.97. The lowest BCUT2D eigenvalue weighted by molar-refractivity contribution is 0.190. The van der Waals surface area contributed by atoms with E-state index >= 15 is 0 Å². The van der Waals surface area contributed by atoms with Gasteiger partial charge in [0, 0.05) is 26.1 Å². The van der Waals surface area contributed by atoms with E-state index in [1.54, 1.807) is 23.5 Å². The standard InChI is InChI=1S/C17H23FN4S/c1-13-3-2-9-22(12-13)10-8-19-17-21-20-16(23-17)11-14-4-6-15(18)7-5-14/h4-7,13H,2-3,8-12H2,1H3,(H,19,21). The smallest absolute Gasteiger partial charge is 0.205 e. The van der Waals surface area contributed by atoms with Crippen molar-refractivity contribution in [3.8, 4) is 0 Å². The van der Waals surface area contributed by atoms with Crippen LogP contribution in [0.25, 0.3) is 0 Å². The molecule has 1 fully saturated rings. The van der Waals surface area contributed by atoms with Crippen molar-refractivity contribution < 1.29 is 4.39 Å². The van der Waals surface area contributed by atoms with Gasteiger partial charge in [0.2, 0.25) is 5.13 Å². The summed E-state index contributed by atoms with van der Waals surface area (Å²) in [5.41, 5.74) is 1.05. The molecule has 2 heterocycles. The van der Waals surface area contributed by atoms with Crippen molar-refractivity contribution in [2.24, 2.45) is 5.92 Å². The molecule has 1 aromatic heterocycles. The minimum atomic E-state index is -0.208. The number of nitrogens with zero attached hydrogens (tertiary/aromatic N) is 3. The quantitative estimate of drug-likeness (QED) is 0.879. The van der Waals surface area contributed by atoms with Gasteiger partial charge in [0.05, 0.1) is 0 Å². The van der Waals surface area contributed by atoms with E-state index in [0.29, 0.717) is 6.42 Å². The molecule has 1 aromatic carbocycles. The van der Waals surface area contributed by atoms with Crippen LogP contribution in [0.4, 0.5) is 9.52 Å². The number of halogens is 1. The van der Waals surface area contributed by atoms with Gasteiger partial charge in [-0.15, -0.1) is 10.2 Å². The number of hydrogen-bond acceptors (Lipinski definition) is 5. The van der Waals surface area contributed by atoms with Crippen molar-refractivity contribution in [1.29, 1.82) is 0 Å². The Bertz CT molecular complexity index is 613. The maximum atomic E-state index is 12.9. The summed E-state index contributed by atoms with van der Waals surface area (Å²) in [5, 5.41) is 13.6. The highest BCUT2D eigenvalue weighted by atomic mass is 32.1. The van der Waals surface area contributed by atoms with Crippen molar-refractivity contribution in [2.75, 3.05) is 31.5 Å². The summed E-state index contributed by atoms with van der Waals surface area (Å²) in [7, 11) is 0. The van der Waals surface area contributed by atoms with Crippen molar-refractivity contribution in [3.63, 3.8) is 0 Å². The second-order valence-corrected chi connectivity index (χ2v) is 7.34. The topological polar surface area (TPSA) is 41.0 Å². The molecule has 0 saturated carbocycles. The number of likely N-dealkylation sites (tertiary alicyclic amines) is 1. The molecule has 6 heteroatoms. The first-order valence-corrected chi connectivity index (χ1v) is 9.04. The Balaban J connectivity index is 1.44. The highest BCUT2D eigenvalue weighted by Gasteiger charge is 2.15. The fourth-order valence-corrected chi connectivity index (χ4v) is 3.78. The molecule has 1 unspecified atom stereocenters. The van der Waals surface area contributed by atoms with Crippen molar-refractivity contribution in [1.82, 2.24) is 15.1 Å². The molecular formula is C17H23FN4S. The molecule has 0 bridgehead atoms.